The predicted molar refractivity (Wildman–Crippen MR) is 85.3 cm³/mol. The number of nitrogens with two attached hydrogens (primary N) is 1. The van der Waals surface area contributed by atoms with Crippen molar-refractivity contribution in [2.24, 2.45) is 5.73 Å². The van der Waals surface area contributed by atoms with Crippen molar-refractivity contribution in [1.82, 2.24) is 4.90 Å². The Morgan fingerprint density at radius 1 is 1.36 bits per heavy atom. The van der Waals surface area contributed by atoms with Gasteiger partial charge in [-0.1, -0.05) is 17.7 Å². The molecule has 0 amide bonds. The van der Waals surface area contributed by atoms with Gasteiger partial charge in [0.1, 0.15) is 11.9 Å². The first-order chi connectivity index (χ1) is 10.6. The monoisotopic (exact) mass is 326 g/mol. The van der Waals surface area contributed by atoms with Gasteiger partial charge in [-0.2, -0.15) is 0 Å². The third kappa shape index (κ3) is 3.73. The van der Waals surface area contributed by atoms with E-state index >= 15 is 0 Å². The molecule has 6 heteroatoms. The van der Waals surface area contributed by atoms with Crippen molar-refractivity contribution in [2.75, 3.05) is 32.8 Å². The minimum absolute atomic E-state index is 0.0747. The maximum Gasteiger partial charge on any atom is 0.145 e. The summed E-state index contributed by atoms with van der Waals surface area (Å²) in [5.74, 6) is 0.624. The number of ether oxygens (including phenoxy) is 2. The highest BCUT2D eigenvalue weighted by Crippen LogP contribution is 2.30. The van der Waals surface area contributed by atoms with Gasteiger partial charge in [-0.05, 0) is 43.6 Å². The summed E-state index contributed by atoms with van der Waals surface area (Å²) in [6.45, 7) is 4.04. The van der Waals surface area contributed by atoms with Crippen LogP contribution in [0.1, 0.15) is 24.5 Å². The molecule has 2 atom stereocenters. The first-order valence-electron chi connectivity index (χ1n) is 7.83. The van der Waals surface area contributed by atoms with Crippen molar-refractivity contribution in [3.63, 3.8) is 0 Å². The van der Waals surface area contributed by atoms with E-state index in [1.54, 1.807) is 12.1 Å². The van der Waals surface area contributed by atoms with Crippen LogP contribution in [0.15, 0.2) is 18.2 Å². The maximum atomic E-state index is 10.4. The molecule has 3 N–H and O–H groups in total. The van der Waals surface area contributed by atoms with Crippen molar-refractivity contribution < 1.29 is 14.6 Å². The summed E-state index contributed by atoms with van der Waals surface area (Å²) in [7, 11) is 0. The number of benzene rings is 1. The average Bonchev–Trinajstić information content (AvgIpc) is 2.96. The van der Waals surface area contributed by atoms with E-state index < -0.39 is 6.10 Å². The number of hydrogen-bond donors (Lipinski definition) is 2. The van der Waals surface area contributed by atoms with Gasteiger partial charge in [0.15, 0.2) is 0 Å². The Kier molecular flexibility index (Phi) is 5.21. The Morgan fingerprint density at radius 2 is 2.09 bits per heavy atom. The van der Waals surface area contributed by atoms with Crippen LogP contribution in [0, 0.1) is 0 Å². The highest BCUT2D eigenvalue weighted by molar-refractivity contribution is 6.32. The molecule has 1 aromatic rings. The normalized spacial score (nSPS) is 22.3. The van der Waals surface area contributed by atoms with Crippen LogP contribution in [0.25, 0.3) is 0 Å². The molecule has 3 rings (SSSR count). The molecule has 1 aromatic carbocycles. The lowest BCUT2D eigenvalue weighted by atomic mass is 10.0. The topological polar surface area (TPSA) is 68.0 Å². The van der Waals surface area contributed by atoms with Crippen LogP contribution in [0.5, 0.6) is 5.75 Å². The molecule has 2 heterocycles. The van der Waals surface area contributed by atoms with E-state index in [1.165, 1.54) is 12.8 Å². The number of rotatable bonds is 6. The average molecular weight is 327 g/mol. The molecule has 0 saturated carbocycles. The minimum atomic E-state index is -0.723. The minimum Gasteiger partial charge on any atom is -0.484 e. The predicted octanol–water partition coefficient (Wildman–Crippen LogP) is 1.57. The van der Waals surface area contributed by atoms with Crippen molar-refractivity contribution in [1.29, 1.82) is 0 Å². The van der Waals surface area contributed by atoms with Crippen molar-refractivity contribution in [3.8, 4) is 5.75 Å². The van der Waals surface area contributed by atoms with Crippen molar-refractivity contribution >= 4 is 11.6 Å². The van der Waals surface area contributed by atoms with E-state index in [1.807, 2.05) is 6.07 Å². The third-order valence-corrected chi connectivity index (χ3v) is 4.57. The molecule has 2 fully saturated rings. The Labute approximate surface area is 135 Å². The SMILES string of the molecule is N[C@H](CN1CCCC1)[C@H](O)c1ccc(OC2COC2)c(Cl)c1. The lowest BCUT2D eigenvalue weighted by Gasteiger charge is -2.28. The van der Waals surface area contributed by atoms with E-state index in [-0.39, 0.29) is 12.1 Å². The summed E-state index contributed by atoms with van der Waals surface area (Å²) in [6, 6.07) is 5.04. The van der Waals surface area contributed by atoms with Gasteiger partial charge in [0.25, 0.3) is 0 Å². The molecule has 0 radical (unpaired) electrons. The standard InChI is InChI=1S/C16H23ClN2O3/c17-13-7-11(3-4-15(13)22-12-9-21-10-12)16(20)14(18)8-19-5-1-2-6-19/h3-4,7,12,14,16,20H,1-2,5-6,8-10,18H2/t14-,16-/m1/s1. The summed E-state index contributed by atoms with van der Waals surface area (Å²) in [5.41, 5.74) is 6.88. The summed E-state index contributed by atoms with van der Waals surface area (Å²) < 4.78 is 10.8. The van der Waals surface area contributed by atoms with Crippen LogP contribution >= 0.6 is 11.6 Å². The molecule has 122 valence electrons. The second-order valence-electron chi connectivity index (χ2n) is 6.08. The zero-order valence-electron chi connectivity index (χ0n) is 12.6. The van der Waals surface area contributed by atoms with Crippen molar-refractivity contribution in [3.05, 3.63) is 28.8 Å². The van der Waals surface area contributed by atoms with E-state index in [0.29, 0.717) is 30.5 Å². The number of aliphatic hydroxyl groups is 1. The van der Waals surface area contributed by atoms with Crippen LogP contribution in [-0.4, -0.2) is 55.0 Å². The molecule has 2 saturated heterocycles. The van der Waals surface area contributed by atoms with Crippen LogP contribution < -0.4 is 10.5 Å². The largest absolute Gasteiger partial charge is 0.484 e. The maximum absolute atomic E-state index is 10.4. The van der Waals surface area contributed by atoms with Gasteiger partial charge in [0.05, 0.1) is 24.3 Å². The van der Waals surface area contributed by atoms with E-state index in [2.05, 4.69) is 4.90 Å². The summed E-state index contributed by atoms with van der Waals surface area (Å²) in [5, 5.41) is 10.9. The van der Waals surface area contributed by atoms with Crippen LogP contribution in [0.2, 0.25) is 5.02 Å². The van der Waals surface area contributed by atoms with Crippen LogP contribution in [0.3, 0.4) is 0 Å². The van der Waals surface area contributed by atoms with Gasteiger partial charge in [-0.3, -0.25) is 0 Å². The number of halogens is 1. The van der Waals surface area contributed by atoms with Crippen LogP contribution in [-0.2, 0) is 4.74 Å². The molecule has 0 bridgehead atoms. The fourth-order valence-electron chi connectivity index (χ4n) is 2.87. The number of nitrogens with zero attached hydrogens (tertiary/aromatic N) is 1. The Balaban J connectivity index is 1.61. The van der Waals surface area contributed by atoms with Gasteiger partial charge in [-0.25, -0.2) is 0 Å². The number of likely N-dealkylation sites (tertiary alicyclic amines) is 1. The van der Waals surface area contributed by atoms with Gasteiger partial charge in [0, 0.05) is 12.6 Å². The molecule has 22 heavy (non-hydrogen) atoms. The number of aliphatic hydroxyl groups excluding tert-OH is 1. The Hall–Kier alpha value is -0.850. The highest BCUT2D eigenvalue weighted by atomic mass is 35.5. The molecule has 5 nitrogen and oxygen atoms in total. The molecule has 0 aromatic heterocycles. The second kappa shape index (κ2) is 7.15. The van der Waals surface area contributed by atoms with Gasteiger partial charge in [0.2, 0.25) is 0 Å². The molecule has 0 spiro atoms. The molecule has 2 aliphatic rings. The second-order valence-corrected chi connectivity index (χ2v) is 6.49. The van der Waals surface area contributed by atoms with Gasteiger partial charge >= 0.3 is 0 Å². The van der Waals surface area contributed by atoms with Gasteiger partial charge < -0.3 is 25.2 Å². The molecular formula is C16H23ClN2O3. The highest BCUT2D eigenvalue weighted by Gasteiger charge is 2.24. The molecule has 0 unspecified atom stereocenters. The number of hydrogen-bond acceptors (Lipinski definition) is 5. The lowest BCUT2D eigenvalue weighted by Crippen LogP contribution is -2.40. The van der Waals surface area contributed by atoms with E-state index in [9.17, 15) is 5.11 Å². The Bertz CT molecular complexity index is 504. The summed E-state index contributed by atoms with van der Waals surface area (Å²) in [6.07, 6.45) is 1.78. The summed E-state index contributed by atoms with van der Waals surface area (Å²) in [4.78, 5) is 2.30. The fraction of sp³-hybridized carbons (Fsp3) is 0.625. The van der Waals surface area contributed by atoms with E-state index in [4.69, 9.17) is 26.8 Å². The fourth-order valence-corrected chi connectivity index (χ4v) is 3.10. The molecule has 2 aliphatic heterocycles. The van der Waals surface area contributed by atoms with Crippen molar-refractivity contribution in [2.45, 2.75) is 31.1 Å². The first kappa shape index (κ1) is 16.0. The summed E-state index contributed by atoms with van der Waals surface area (Å²) >= 11 is 6.25. The van der Waals surface area contributed by atoms with Crippen LogP contribution in [0.4, 0.5) is 0 Å². The lowest BCUT2D eigenvalue weighted by molar-refractivity contribution is -0.0796. The van der Waals surface area contributed by atoms with Gasteiger partial charge in [-0.15, -0.1) is 0 Å². The zero-order chi connectivity index (χ0) is 15.5. The van der Waals surface area contributed by atoms with E-state index in [0.717, 1.165) is 18.7 Å². The third-order valence-electron chi connectivity index (χ3n) is 4.27. The quantitative estimate of drug-likeness (QED) is 0.830. The first-order valence-corrected chi connectivity index (χ1v) is 8.21. The smallest absolute Gasteiger partial charge is 0.145 e. The molecule has 0 aliphatic carbocycles. The zero-order valence-corrected chi connectivity index (χ0v) is 13.3. The Morgan fingerprint density at radius 3 is 2.68 bits per heavy atom. The molecular weight excluding hydrogens is 304 g/mol.